The summed E-state index contributed by atoms with van der Waals surface area (Å²) in [6.07, 6.45) is 2.10. The molecule has 2 heterocycles. The standard InChI is InChI=1S/C27H39F2N5O3/c1-6-25(35)34-14-8-12-32(19(4)5)11-7-13-33(17-20-15-21(28)22(29)16-23(20)34)26(36)10-9-24-30-31-27(37-24)18(2)3/h15-16,18-19H,6-14,17H2,1-5H3. The average molecular weight is 520 g/mol. The van der Waals surface area contributed by atoms with Crippen molar-refractivity contribution in [2.75, 3.05) is 31.1 Å². The second kappa shape index (κ2) is 13.1. The van der Waals surface area contributed by atoms with Crippen molar-refractivity contribution < 1.29 is 22.8 Å². The van der Waals surface area contributed by atoms with E-state index in [2.05, 4.69) is 28.9 Å². The highest BCUT2D eigenvalue weighted by Gasteiger charge is 2.25. The summed E-state index contributed by atoms with van der Waals surface area (Å²) in [7, 11) is 0. The van der Waals surface area contributed by atoms with Crippen LogP contribution >= 0.6 is 0 Å². The average Bonchev–Trinajstić information content (AvgIpc) is 3.33. The molecule has 0 fully saturated rings. The molecule has 1 aromatic carbocycles. The highest BCUT2D eigenvalue weighted by molar-refractivity contribution is 5.94. The van der Waals surface area contributed by atoms with Crippen molar-refractivity contribution in [3.05, 3.63) is 41.1 Å². The summed E-state index contributed by atoms with van der Waals surface area (Å²) in [5, 5.41) is 8.05. The van der Waals surface area contributed by atoms with Gasteiger partial charge in [0.25, 0.3) is 0 Å². The zero-order chi connectivity index (χ0) is 27.1. The van der Waals surface area contributed by atoms with E-state index in [9.17, 15) is 18.4 Å². The van der Waals surface area contributed by atoms with Crippen LogP contribution in [0.15, 0.2) is 16.5 Å². The lowest BCUT2D eigenvalue weighted by molar-refractivity contribution is -0.132. The van der Waals surface area contributed by atoms with E-state index in [1.807, 2.05) is 13.8 Å². The number of fused-ring (bicyclic) bond motifs is 1. The van der Waals surface area contributed by atoms with Crippen molar-refractivity contribution in [3.8, 4) is 0 Å². The third-order valence-electron chi connectivity index (χ3n) is 6.69. The van der Waals surface area contributed by atoms with Gasteiger partial charge in [0.2, 0.25) is 23.6 Å². The van der Waals surface area contributed by atoms with Crippen LogP contribution in [0.1, 0.15) is 83.6 Å². The van der Waals surface area contributed by atoms with Crippen LogP contribution in [0.4, 0.5) is 14.5 Å². The maximum absolute atomic E-state index is 14.4. The van der Waals surface area contributed by atoms with Crippen LogP contribution in [-0.2, 0) is 22.6 Å². The first-order chi connectivity index (χ1) is 17.6. The molecule has 0 unspecified atom stereocenters. The number of hydrogen-bond acceptors (Lipinski definition) is 6. The molecule has 10 heteroatoms. The number of carbonyl (C=O) groups is 2. The van der Waals surface area contributed by atoms with Gasteiger partial charge in [-0.25, -0.2) is 8.78 Å². The second-order valence-electron chi connectivity index (χ2n) is 10.1. The molecule has 3 rings (SSSR count). The Labute approximate surface area is 218 Å². The van der Waals surface area contributed by atoms with Crippen LogP contribution < -0.4 is 4.90 Å². The van der Waals surface area contributed by atoms with Crippen LogP contribution in [0.3, 0.4) is 0 Å². The minimum atomic E-state index is -1.02. The number of anilines is 1. The van der Waals surface area contributed by atoms with Gasteiger partial charge in [0.05, 0.1) is 5.69 Å². The first-order valence-electron chi connectivity index (χ1n) is 13.2. The molecule has 0 atom stereocenters. The number of benzene rings is 1. The van der Waals surface area contributed by atoms with Crippen LogP contribution in [0.25, 0.3) is 0 Å². The maximum atomic E-state index is 14.4. The van der Waals surface area contributed by atoms with Crippen LogP contribution in [0.5, 0.6) is 0 Å². The second-order valence-corrected chi connectivity index (χ2v) is 10.1. The predicted molar refractivity (Wildman–Crippen MR) is 137 cm³/mol. The largest absolute Gasteiger partial charge is 0.425 e. The molecule has 0 radical (unpaired) electrons. The lowest BCUT2D eigenvalue weighted by Gasteiger charge is -2.33. The summed E-state index contributed by atoms with van der Waals surface area (Å²) in [6, 6.07) is 2.49. The van der Waals surface area contributed by atoms with E-state index in [1.165, 1.54) is 4.90 Å². The molecule has 0 aliphatic carbocycles. The highest BCUT2D eigenvalue weighted by atomic mass is 19.2. The molecular formula is C27H39F2N5O3. The van der Waals surface area contributed by atoms with Gasteiger partial charge in [-0.15, -0.1) is 10.2 Å². The molecule has 204 valence electrons. The molecule has 37 heavy (non-hydrogen) atoms. The zero-order valence-corrected chi connectivity index (χ0v) is 22.6. The maximum Gasteiger partial charge on any atom is 0.226 e. The number of aryl methyl sites for hydroxylation is 1. The quantitative estimate of drug-likeness (QED) is 0.551. The summed E-state index contributed by atoms with van der Waals surface area (Å²) in [6.45, 7) is 12.3. The number of carbonyl (C=O) groups excluding carboxylic acids is 2. The fraction of sp³-hybridized carbons (Fsp3) is 0.630. The predicted octanol–water partition coefficient (Wildman–Crippen LogP) is 4.68. The normalized spacial score (nSPS) is 16.0. The van der Waals surface area contributed by atoms with E-state index < -0.39 is 11.6 Å². The summed E-state index contributed by atoms with van der Waals surface area (Å²) in [4.78, 5) is 31.7. The molecule has 8 nitrogen and oxygen atoms in total. The van der Waals surface area contributed by atoms with E-state index in [0.29, 0.717) is 48.6 Å². The van der Waals surface area contributed by atoms with Gasteiger partial charge in [0, 0.05) is 70.0 Å². The van der Waals surface area contributed by atoms with Crippen molar-refractivity contribution in [3.63, 3.8) is 0 Å². The number of halogens is 2. The molecular weight excluding hydrogens is 480 g/mol. The van der Waals surface area contributed by atoms with Crippen LogP contribution in [-0.4, -0.2) is 64.0 Å². The Balaban J connectivity index is 1.90. The lowest BCUT2D eigenvalue weighted by Crippen LogP contribution is -2.40. The topological polar surface area (TPSA) is 82.8 Å². The minimum absolute atomic E-state index is 0.0710. The first kappa shape index (κ1) is 28.7. The highest BCUT2D eigenvalue weighted by Crippen LogP contribution is 2.28. The van der Waals surface area contributed by atoms with Gasteiger partial charge in [0.15, 0.2) is 11.6 Å². The molecule has 0 spiro atoms. The van der Waals surface area contributed by atoms with Gasteiger partial charge in [-0.1, -0.05) is 20.8 Å². The van der Waals surface area contributed by atoms with Crippen molar-refractivity contribution in [1.82, 2.24) is 20.0 Å². The molecule has 0 saturated heterocycles. The molecule has 0 bridgehead atoms. The number of rotatable bonds is 6. The Morgan fingerprint density at radius 1 is 0.973 bits per heavy atom. The summed E-state index contributed by atoms with van der Waals surface area (Å²) >= 11 is 0. The van der Waals surface area contributed by atoms with Gasteiger partial charge in [-0.05, 0) is 38.3 Å². The van der Waals surface area contributed by atoms with Crippen LogP contribution in [0, 0.1) is 11.6 Å². The Bertz CT molecular complexity index is 1070. The molecule has 0 saturated carbocycles. The lowest BCUT2D eigenvalue weighted by atomic mass is 10.1. The van der Waals surface area contributed by atoms with E-state index in [-0.39, 0.29) is 43.5 Å². The number of nitrogens with zero attached hydrogens (tertiary/aromatic N) is 5. The summed E-state index contributed by atoms with van der Waals surface area (Å²) < 4.78 is 34.4. The summed E-state index contributed by atoms with van der Waals surface area (Å²) in [5.74, 6) is -1.33. The fourth-order valence-electron chi connectivity index (χ4n) is 4.52. The van der Waals surface area contributed by atoms with E-state index in [1.54, 1.807) is 11.8 Å². The van der Waals surface area contributed by atoms with Gasteiger partial charge < -0.3 is 19.1 Å². The van der Waals surface area contributed by atoms with Crippen LogP contribution in [0.2, 0.25) is 0 Å². The minimum Gasteiger partial charge on any atom is -0.425 e. The molecule has 1 aliphatic heterocycles. The van der Waals surface area contributed by atoms with E-state index in [0.717, 1.165) is 31.6 Å². The van der Waals surface area contributed by atoms with Crippen molar-refractivity contribution in [2.24, 2.45) is 0 Å². The van der Waals surface area contributed by atoms with Gasteiger partial charge in [-0.2, -0.15) is 0 Å². The van der Waals surface area contributed by atoms with Crippen molar-refractivity contribution in [2.45, 2.75) is 85.2 Å². The Morgan fingerprint density at radius 3 is 2.27 bits per heavy atom. The smallest absolute Gasteiger partial charge is 0.226 e. The Morgan fingerprint density at radius 2 is 1.65 bits per heavy atom. The monoisotopic (exact) mass is 519 g/mol. The number of amides is 2. The van der Waals surface area contributed by atoms with Gasteiger partial charge >= 0.3 is 0 Å². The van der Waals surface area contributed by atoms with Crippen molar-refractivity contribution in [1.29, 1.82) is 0 Å². The summed E-state index contributed by atoms with van der Waals surface area (Å²) in [5.41, 5.74) is 0.730. The number of aromatic nitrogens is 2. The number of hydrogen-bond donors (Lipinski definition) is 0. The van der Waals surface area contributed by atoms with Gasteiger partial charge in [0.1, 0.15) is 0 Å². The Hall–Kier alpha value is -2.88. The van der Waals surface area contributed by atoms with E-state index >= 15 is 0 Å². The molecule has 1 aromatic heterocycles. The molecule has 2 amide bonds. The molecule has 1 aliphatic rings. The third-order valence-corrected chi connectivity index (χ3v) is 6.69. The third kappa shape index (κ3) is 7.56. The van der Waals surface area contributed by atoms with Crippen molar-refractivity contribution >= 4 is 17.5 Å². The fourth-order valence-corrected chi connectivity index (χ4v) is 4.52. The molecule has 0 N–H and O–H groups in total. The van der Waals surface area contributed by atoms with E-state index in [4.69, 9.17) is 4.42 Å². The zero-order valence-electron chi connectivity index (χ0n) is 22.6. The first-order valence-corrected chi connectivity index (χ1v) is 13.2. The van der Waals surface area contributed by atoms with Gasteiger partial charge in [-0.3, -0.25) is 9.59 Å². The molecule has 2 aromatic rings. The Kier molecular flexibility index (Phi) is 10.1. The SMILES string of the molecule is CCC(=O)N1CCCN(C(C)C)CCCN(C(=O)CCc2nnc(C(C)C)o2)Cc2cc(F)c(F)cc21.